The first-order valence-electron chi connectivity index (χ1n) is 7.57. The zero-order chi connectivity index (χ0) is 15.1. The highest BCUT2D eigenvalue weighted by atomic mass is 35.5. The van der Waals surface area contributed by atoms with Gasteiger partial charge in [-0.3, -0.25) is 9.69 Å². The van der Waals surface area contributed by atoms with Crippen LogP contribution in [0, 0.1) is 5.92 Å². The number of rotatable bonds is 6. The number of amides is 1. The maximum absolute atomic E-state index is 12.1. The Balaban J connectivity index is 0.00000242. The third kappa shape index (κ3) is 5.83. The van der Waals surface area contributed by atoms with Crippen molar-refractivity contribution in [2.45, 2.75) is 19.3 Å². The molecule has 6 heteroatoms. The second-order valence-electron chi connectivity index (χ2n) is 5.60. The second kappa shape index (κ2) is 9.66. The van der Waals surface area contributed by atoms with Crippen LogP contribution in [-0.4, -0.2) is 44.1 Å². The van der Waals surface area contributed by atoms with Gasteiger partial charge in [-0.2, -0.15) is 0 Å². The van der Waals surface area contributed by atoms with Crippen molar-refractivity contribution in [3.8, 4) is 5.75 Å². The number of nitrogens with two attached hydrogens (primary N) is 1. The van der Waals surface area contributed by atoms with Gasteiger partial charge in [0.2, 0.25) is 5.91 Å². The van der Waals surface area contributed by atoms with Gasteiger partial charge in [-0.15, -0.1) is 12.4 Å². The van der Waals surface area contributed by atoms with Gasteiger partial charge in [0.25, 0.3) is 0 Å². The van der Waals surface area contributed by atoms with Crippen LogP contribution in [0.25, 0.3) is 0 Å². The number of benzene rings is 1. The third-order valence-corrected chi connectivity index (χ3v) is 3.90. The van der Waals surface area contributed by atoms with Crippen molar-refractivity contribution < 1.29 is 9.53 Å². The first-order valence-corrected chi connectivity index (χ1v) is 7.57. The van der Waals surface area contributed by atoms with Crippen LogP contribution in [0.4, 0.5) is 5.69 Å². The van der Waals surface area contributed by atoms with E-state index in [9.17, 15) is 4.79 Å². The van der Waals surface area contributed by atoms with Crippen molar-refractivity contribution >= 4 is 24.0 Å². The molecule has 0 aromatic heterocycles. The molecule has 1 amide bonds. The van der Waals surface area contributed by atoms with Crippen molar-refractivity contribution in [2.75, 3.05) is 38.6 Å². The van der Waals surface area contributed by atoms with E-state index in [1.165, 1.54) is 6.42 Å². The van der Waals surface area contributed by atoms with Gasteiger partial charge in [-0.1, -0.05) is 6.07 Å². The van der Waals surface area contributed by atoms with Gasteiger partial charge >= 0.3 is 0 Å². The van der Waals surface area contributed by atoms with E-state index in [-0.39, 0.29) is 18.3 Å². The van der Waals surface area contributed by atoms with Crippen molar-refractivity contribution in [3.63, 3.8) is 0 Å². The number of hydrogen-bond acceptors (Lipinski definition) is 4. The number of nitrogens with zero attached hydrogens (tertiary/aromatic N) is 1. The molecular weight excluding hydrogens is 302 g/mol. The van der Waals surface area contributed by atoms with Gasteiger partial charge < -0.3 is 15.8 Å². The van der Waals surface area contributed by atoms with E-state index in [0.717, 1.165) is 43.9 Å². The molecule has 22 heavy (non-hydrogen) atoms. The summed E-state index contributed by atoms with van der Waals surface area (Å²) >= 11 is 0. The zero-order valence-corrected chi connectivity index (χ0v) is 13.9. The summed E-state index contributed by atoms with van der Waals surface area (Å²) in [7, 11) is 1.62. The normalized spacial score (nSPS) is 18.4. The van der Waals surface area contributed by atoms with Crippen molar-refractivity contribution in [2.24, 2.45) is 11.7 Å². The molecule has 1 aliphatic rings. The van der Waals surface area contributed by atoms with E-state index in [2.05, 4.69) is 10.2 Å². The molecule has 1 heterocycles. The molecule has 0 bridgehead atoms. The molecule has 1 unspecified atom stereocenters. The third-order valence-electron chi connectivity index (χ3n) is 3.90. The topological polar surface area (TPSA) is 67.6 Å². The highest BCUT2D eigenvalue weighted by Crippen LogP contribution is 2.19. The van der Waals surface area contributed by atoms with Crippen molar-refractivity contribution in [1.82, 2.24) is 4.90 Å². The largest absolute Gasteiger partial charge is 0.497 e. The van der Waals surface area contributed by atoms with Gasteiger partial charge in [-0.05, 0) is 50.4 Å². The number of halogens is 1. The minimum absolute atomic E-state index is 0. The number of likely N-dealkylation sites (tertiary alicyclic amines) is 1. The second-order valence-corrected chi connectivity index (χ2v) is 5.60. The summed E-state index contributed by atoms with van der Waals surface area (Å²) in [6, 6.07) is 7.42. The Morgan fingerprint density at radius 1 is 1.50 bits per heavy atom. The van der Waals surface area contributed by atoms with Gasteiger partial charge in [0.15, 0.2) is 0 Å². The average molecular weight is 328 g/mol. The lowest BCUT2D eigenvalue weighted by Crippen LogP contribution is -2.40. The summed E-state index contributed by atoms with van der Waals surface area (Å²) in [6.07, 6.45) is 3.43. The number of piperidine rings is 1. The zero-order valence-electron chi connectivity index (χ0n) is 13.1. The molecule has 1 aromatic rings. The van der Waals surface area contributed by atoms with Crippen LogP contribution in [0.15, 0.2) is 24.3 Å². The standard InChI is InChI=1S/C16H25N3O2.ClH/c1-21-15-6-2-5-14(10-15)18-16(20)12-19-9-3-4-13(11-19)7-8-17;/h2,5-6,10,13H,3-4,7-9,11-12,17H2,1H3,(H,18,20);1H. The Labute approximate surface area is 138 Å². The van der Waals surface area contributed by atoms with Crippen molar-refractivity contribution in [1.29, 1.82) is 0 Å². The van der Waals surface area contributed by atoms with Crippen LogP contribution < -0.4 is 15.8 Å². The van der Waals surface area contributed by atoms with Gasteiger partial charge in [-0.25, -0.2) is 0 Å². The molecule has 2 rings (SSSR count). The predicted octanol–water partition coefficient (Wildman–Crippen LogP) is 2.12. The molecule has 1 aliphatic heterocycles. The molecule has 1 saturated heterocycles. The molecule has 1 fully saturated rings. The Morgan fingerprint density at radius 2 is 2.32 bits per heavy atom. The van der Waals surface area contributed by atoms with Gasteiger partial charge in [0, 0.05) is 18.3 Å². The summed E-state index contributed by atoms with van der Waals surface area (Å²) in [4.78, 5) is 14.3. The lowest BCUT2D eigenvalue weighted by atomic mass is 9.95. The molecular formula is C16H26ClN3O2. The van der Waals surface area contributed by atoms with Crippen molar-refractivity contribution in [3.05, 3.63) is 24.3 Å². The first kappa shape index (κ1) is 18.7. The summed E-state index contributed by atoms with van der Waals surface area (Å²) in [5, 5.41) is 2.93. The quantitative estimate of drug-likeness (QED) is 0.840. The molecule has 0 radical (unpaired) electrons. The number of nitrogens with one attached hydrogen (secondary N) is 1. The van der Waals surface area contributed by atoms with Crippen LogP contribution >= 0.6 is 12.4 Å². The maximum Gasteiger partial charge on any atom is 0.238 e. The van der Waals surface area contributed by atoms with E-state index < -0.39 is 0 Å². The fourth-order valence-electron chi connectivity index (χ4n) is 2.87. The molecule has 1 atom stereocenters. The fraction of sp³-hybridized carbons (Fsp3) is 0.562. The SMILES string of the molecule is COc1cccc(NC(=O)CN2CCCC(CCN)C2)c1.Cl. The summed E-state index contributed by atoms with van der Waals surface area (Å²) in [6.45, 7) is 3.14. The van der Waals surface area contributed by atoms with E-state index in [4.69, 9.17) is 10.5 Å². The molecule has 0 aliphatic carbocycles. The summed E-state index contributed by atoms with van der Waals surface area (Å²) < 4.78 is 5.15. The Hall–Kier alpha value is -1.30. The lowest BCUT2D eigenvalue weighted by Gasteiger charge is -2.32. The molecule has 1 aromatic carbocycles. The first-order chi connectivity index (χ1) is 10.2. The smallest absolute Gasteiger partial charge is 0.238 e. The minimum atomic E-state index is 0. The fourth-order valence-corrected chi connectivity index (χ4v) is 2.87. The minimum Gasteiger partial charge on any atom is -0.497 e. The lowest BCUT2D eigenvalue weighted by molar-refractivity contribution is -0.117. The van der Waals surface area contributed by atoms with E-state index in [1.807, 2.05) is 24.3 Å². The van der Waals surface area contributed by atoms with E-state index >= 15 is 0 Å². The number of ether oxygens (including phenoxy) is 1. The highest BCUT2D eigenvalue weighted by Gasteiger charge is 2.21. The molecule has 124 valence electrons. The molecule has 0 saturated carbocycles. The molecule has 3 N–H and O–H groups in total. The van der Waals surface area contributed by atoms with E-state index in [0.29, 0.717) is 12.5 Å². The summed E-state index contributed by atoms with van der Waals surface area (Å²) in [5.41, 5.74) is 6.40. The number of carbonyl (C=O) groups excluding carboxylic acids is 1. The van der Waals surface area contributed by atoms with Crippen LogP contribution in [-0.2, 0) is 4.79 Å². The van der Waals surface area contributed by atoms with Crippen LogP contribution in [0.1, 0.15) is 19.3 Å². The number of carbonyl (C=O) groups is 1. The summed E-state index contributed by atoms with van der Waals surface area (Å²) in [5.74, 6) is 1.40. The highest BCUT2D eigenvalue weighted by molar-refractivity contribution is 5.92. The van der Waals surface area contributed by atoms with Crippen LogP contribution in [0.2, 0.25) is 0 Å². The number of anilines is 1. The number of methoxy groups -OCH3 is 1. The average Bonchev–Trinajstić information content (AvgIpc) is 2.48. The Bertz CT molecular complexity index is 468. The van der Waals surface area contributed by atoms with Crippen LogP contribution in [0.3, 0.4) is 0 Å². The monoisotopic (exact) mass is 327 g/mol. The number of hydrogen-bond donors (Lipinski definition) is 2. The maximum atomic E-state index is 12.1. The van der Waals surface area contributed by atoms with Gasteiger partial charge in [0.05, 0.1) is 13.7 Å². The molecule has 5 nitrogen and oxygen atoms in total. The van der Waals surface area contributed by atoms with E-state index in [1.54, 1.807) is 7.11 Å². The molecule has 0 spiro atoms. The Morgan fingerprint density at radius 3 is 3.05 bits per heavy atom. The predicted molar refractivity (Wildman–Crippen MR) is 91.7 cm³/mol. The van der Waals surface area contributed by atoms with Crippen LogP contribution in [0.5, 0.6) is 5.75 Å². The van der Waals surface area contributed by atoms with Gasteiger partial charge in [0.1, 0.15) is 5.75 Å². The Kier molecular flexibility index (Phi) is 8.24.